The maximum absolute atomic E-state index is 13.1. The SMILES string of the molecule is COc1cc(C(=O)N2CC3(CCC(NC(=O)Cc4cccc(OC(F)(F)F)c4)CC3)C2)cc(OC)c1C. The highest BCUT2D eigenvalue weighted by Gasteiger charge is 2.47. The second-order valence-electron chi connectivity index (χ2n) is 9.88. The third-order valence-corrected chi connectivity index (χ3v) is 7.25. The lowest BCUT2D eigenvalue weighted by Crippen LogP contribution is -2.60. The first-order chi connectivity index (χ1) is 17.5. The third-order valence-electron chi connectivity index (χ3n) is 7.25. The fourth-order valence-corrected chi connectivity index (χ4v) is 5.31. The van der Waals surface area contributed by atoms with E-state index in [-0.39, 0.29) is 35.4 Å². The molecule has 0 radical (unpaired) electrons. The number of nitrogens with one attached hydrogen (secondary N) is 1. The van der Waals surface area contributed by atoms with Crippen molar-refractivity contribution in [2.45, 2.75) is 51.4 Å². The van der Waals surface area contributed by atoms with E-state index >= 15 is 0 Å². The molecule has 0 unspecified atom stereocenters. The summed E-state index contributed by atoms with van der Waals surface area (Å²) in [7, 11) is 3.12. The molecule has 1 saturated heterocycles. The first-order valence-electron chi connectivity index (χ1n) is 12.2. The van der Waals surface area contributed by atoms with Gasteiger partial charge in [0, 0.05) is 35.7 Å². The molecule has 0 atom stereocenters. The number of rotatable bonds is 7. The molecule has 2 aromatic carbocycles. The van der Waals surface area contributed by atoms with Gasteiger partial charge in [-0.15, -0.1) is 13.2 Å². The van der Waals surface area contributed by atoms with Gasteiger partial charge >= 0.3 is 6.36 Å². The van der Waals surface area contributed by atoms with E-state index in [9.17, 15) is 22.8 Å². The summed E-state index contributed by atoms with van der Waals surface area (Å²) in [4.78, 5) is 27.4. The Hall–Kier alpha value is -3.43. The Labute approximate surface area is 213 Å². The topological polar surface area (TPSA) is 77.1 Å². The van der Waals surface area contributed by atoms with E-state index < -0.39 is 6.36 Å². The van der Waals surface area contributed by atoms with Crippen molar-refractivity contribution in [2.75, 3.05) is 27.3 Å². The van der Waals surface area contributed by atoms with E-state index in [4.69, 9.17) is 9.47 Å². The molecular formula is C27H31F3N2O5. The van der Waals surface area contributed by atoms with Crippen LogP contribution in [0.15, 0.2) is 36.4 Å². The summed E-state index contributed by atoms with van der Waals surface area (Å²) < 4.78 is 52.0. The highest BCUT2D eigenvalue weighted by molar-refractivity contribution is 5.96. The van der Waals surface area contributed by atoms with E-state index in [2.05, 4.69) is 10.1 Å². The van der Waals surface area contributed by atoms with Gasteiger partial charge in [0.15, 0.2) is 0 Å². The number of halogens is 3. The molecule has 2 fully saturated rings. The Morgan fingerprint density at radius 2 is 1.68 bits per heavy atom. The van der Waals surface area contributed by atoms with Crippen molar-refractivity contribution in [3.63, 3.8) is 0 Å². The van der Waals surface area contributed by atoms with Crippen LogP contribution in [0.3, 0.4) is 0 Å². The zero-order valence-electron chi connectivity index (χ0n) is 21.1. The van der Waals surface area contributed by atoms with Gasteiger partial charge in [-0.05, 0) is 62.4 Å². The number of methoxy groups -OCH3 is 2. The minimum absolute atomic E-state index is 0.00288. The van der Waals surface area contributed by atoms with Crippen molar-refractivity contribution >= 4 is 11.8 Å². The third kappa shape index (κ3) is 6.29. The van der Waals surface area contributed by atoms with E-state index in [1.165, 1.54) is 18.2 Å². The predicted octanol–water partition coefficient (Wildman–Crippen LogP) is 4.65. The monoisotopic (exact) mass is 520 g/mol. The molecule has 4 rings (SSSR count). The fraction of sp³-hybridized carbons (Fsp3) is 0.481. The summed E-state index contributed by atoms with van der Waals surface area (Å²) in [6.07, 6.45) is -1.45. The molecule has 1 aliphatic carbocycles. The second kappa shape index (κ2) is 10.5. The molecule has 1 N–H and O–H groups in total. The van der Waals surface area contributed by atoms with Crippen LogP contribution in [-0.2, 0) is 11.2 Å². The lowest BCUT2D eigenvalue weighted by atomic mass is 9.67. The van der Waals surface area contributed by atoms with Gasteiger partial charge in [0.2, 0.25) is 5.91 Å². The number of hydrogen-bond donors (Lipinski definition) is 1. The normalized spacial score (nSPS) is 17.2. The van der Waals surface area contributed by atoms with Crippen LogP contribution in [-0.4, -0.2) is 56.4 Å². The van der Waals surface area contributed by atoms with Gasteiger partial charge in [0.25, 0.3) is 5.91 Å². The Bertz CT molecular complexity index is 1130. The van der Waals surface area contributed by atoms with Gasteiger partial charge in [-0.3, -0.25) is 9.59 Å². The summed E-state index contributed by atoms with van der Waals surface area (Å²) in [5.41, 5.74) is 1.87. The van der Waals surface area contributed by atoms with Crippen LogP contribution in [0.5, 0.6) is 17.2 Å². The van der Waals surface area contributed by atoms with Gasteiger partial charge in [-0.2, -0.15) is 0 Å². The molecule has 1 aliphatic heterocycles. The lowest BCUT2D eigenvalue weighted by molar-refractivity contribution is -0.274. The summed E-state index contributed by atoms with van der Waals surface area (Å²) in [6, 6.07) is 8.93. The van der Waals surface area contributed by atoms with Crippen LogP contribution in [0.1, 0.15) is 47.2 Å². The molecule has 7 nitrogen and oxygen atoms in total. The van der Waals surface area contributed by atoms with Crippen LogP contribution in [0.4, 0.5) is 13.2 Å². The molecule has 0 bridgehead atoms. The summed E-state index contributed by atoms with van der Waals surface area (Å²) in [5, 5.41) is 3.00. The molecule has 2 aromatic rings. The van der Waals surface area contributed by atoms with Crippen molar-refractivity contribution in [3.8, 4) is 17.2 Å². The summed E-state index contributed by atoms with van der Waals surface area (Å²) in [5.74, 6) is 0.568. The molecule has 1 spiro atoms. The van der Waals surface area contributed by atoms with Crippen LogP contribution >= 0.6 is 0 Å². The maximum atomic E-state index is 13.1. The molecule has 1 saturated carbocycles. The molecule has 1 heterocycles. The predicted molar refractivity (Wildman–Crippen MR) is 130 cm³/mol. The number of carbonyl (C=O) groups is 2. The van der Waals surface area contributed by atoms with Crippen LogP contribution in [0, 0.1) is 12.3 Å². The largest absolute Gasteiger partial charge is 0.573 e. The van der Waals surface area contributed by atoms with E-state index in [1.807, 2.05) is 11.8 Å². The van der Waals surface area contributed by atoms with E-state index in [1.54, 1.807) is 32.4 Å². The van der Waals surface area contributed by atoms with Gasteiger partial charge in [0.1, 0.15) is 17.2 Å². The van der Waals surface area contributed by atoms with Crippen molar-refractivity contribution in [1.29, 1.82) is 0 Å². The number of alkyl halides is 3. The number of nitrogens with zero attached hydrogens (tertiary/aromatic N) is 1. The molecule has 2 aliphatic rings. The zero-order valence-corrected chi connectivity index (χ0v) is 21.1. The first-order valence-corrected chi connectivity index (χ1v) is 12.2. The minimum atomic E-state index is -4.78. The quantitative estimate of drug-likeness (QED) is 0.575. The van der Waals surface area contributed by atoms with Crippen LogP contribution < -0.4 is 19.5 Å². The smallest absolute Gasteiger partial charge is 0.496 e. The number of carbonyl (C=O) groups excluding carboxylic acids is 2. The van der Waals surface area contributed by atoms with Crippen molar-refractivity contribution in [1.82, 2.24) is 10.2 Å². The molecule has 2 amide bonds. The number of likely N-dealkylation sites (tertiary alicyclic amines) is 1. The standard InChI is InChI=1S/C27H31F3N2O5/c1-17-22(35-2)13-19(14-23(17)36-3)25(34)32-15-26(16-32)9-7-20(8-10-26)31-24(33)12-18-5-4-6-21(11-18)37-27(28,29)30/h4-6,11,13-14,20H,7-10,12,15-16H2,1-3H3,(H,31,33). The van der Waals surface area contributed by atoms with Gasteiger partial charge in [-0.1, -0.05) is 12.1 Å². The average Bonchev–Trinajstić information content (AvgIpc) is 2.82. The average molecular weight is 521 g/mol. The molecule has 0 aromatic heterocycles. The molecule has 200 valence electrons. The second-order valence-corrected chi connectivity index (χ2v) is 9.88. The molecular weight excluding hydrogens is 489 g/mol. The maximum Gasteiger partial charge on any atom is 0.573 e. The minimum Gasteiger partial charge on any atom is -0.496 e. The Kier molecular flexibility index (Phi) is 7.57. The van der Waals surface area contributed by atoms with E-state index in [0.717, 1.165) is 31.2 Å². The zero-order chi connectivity index (χ0) is 26.8. The summed E-state index contributed by atoms with van der Waals surface area (Å²) >= 11 is 0. The number of hydrogen-bond acceptors (Lipinski definition) is 5. The van der Waals surface area contributed by atoms with Crippen LogP contribution in [0.25, 0.3) is 0 Å². The Balaban J connectivity index is 1.26. The first kappa shape index (κ1) is 26.6. The van der Waals surface area contributed by atoms with Crippen molar-refractivity contribution in [3.05, 3.63) is 53.1 Å². The Morgan fingerprint density at radius 1 is 1.05 bits per heavy atom. The van der Waals surface area contributed by atoms with Crippen molar-refractivity contribution < 1.29 is 37.0 Å². The van der Waals surface area contributed by atoms with Crippen LogP contribution in [0.2, 0.25) is 0 Å². The molecule has 10 heteroatoms. The fourth-order valence-electron chi connectivity index (χ4n) is 5.31. The van der Waals surface area contributed by atoms with Crippen molar-refractivity contribution in [2.24, 2.45) is 5.41 Å². The number of amides is 2. The van der Waals surface area contributed by atoms with E-state index in [0.29, 0.717) is 35.7 Å². The lowest BCUT2D eigenvalue weighted by Gasteiger charge is -2.53. The van der Waals surface area contributed by atoms with Gasteiger partial charge in [-0.25, -0.2) is 0 Å². The highest BCUT2D eigenvalue weighted by Crippen LogP contribution is 2.44. The van der Waals surface area contributed by atoms with Gasteiger partial charge < -0.3 is 24.4 Å². The summed E-state index contributed by atoms with van der Waals surface area (Å²) in [6.45, 7) is 3.20. The number of benzene rings is 2. The molecule has 37 heavy (non-hydrogen) atoms. The Morgan fingerprint density at radius 3 is 2.24 bits per heavy atom. The van der Waals surface area contributed by atoms with Gasteiger partial charge in [0.05, 0.1) is 20.6 Å². The highest BCUT2D eigenvalue weighted by atomic mass is 19.4. The number of ether oxygens (including phenoxy) is 3.